The van der Waals surface area contributed by atoms with E-state index < -0.39 is 11.2 Å². The van der Waals surface area contributed by atoms with Crippen LogP contribution < -0.4 is 9.47 Å². The van der Waals surface area contributed by atoms with Gasteiger partial charge in [0.25, 0.3) is 0 Å². The van der Waals surface area contributed by atoms with E-state index in [4.69, 9.17) is 9.47 Å². The normalized spacial score (nSPS) is 27.7. The average molecular weight is 505 g/mol. The Labute approximate surface area is 223 Å². The maximum absolute atomic E-state index is 11.3. The summed E-state index contributed by atoms with van der Waals surface area (Å²) < 4.78 is 13.0. The van der Waals surface area contributed by atoms with E-state index in [-0.39, 0.29) is 23.0 Å². The summed E-state index contributed by atoms with van der Waals surface area (Å²) in [6.45, 7) is 16.1. The molecule has 4 rings (SSSR count). The minimum atomic E-state index is -0.714. The summed E-state index contributed by atoms with van der Waals surface area (Å²) in [6.07, 6.45) is 11.4. The van der Waals surface area contributed by atoms with Crippen molar-refractivity contribution >= 4 is 0 Å². The minimum Gasteiger partial charge on any atom is -0.502 e. The van der Waals surface area contributed by atoms with Crippen molar-refractivity contribution in [2.45, 2.75) is 90.3 Å². The monoisotopic (exact) mass is 504 g/mol. The molecular formula is C33H44O4. The fourth-order valence-electron chi connectivity index (χ4n) is 6.75. The Bertz CT molecular complexity index is 1110. The first-order chi connectivity index (χ1) is 17.5. The highest BCUT2D eigenvalue weighted by atomic mass is 16.5. The van der Waals surface area contributed by atoms with Crippen LogP contribution in [0, 0.1) is 17.3 Å². The zero-order valence-corrected chi connectivity index (χ0v) is 23.1. The Morgan fingerprint density at radius 3 is 2.27 bits per heavy atom. The summed E-state index contributed by atoms with van der Waals surface area (Å²) in [5, 5.41) is 22.2. The lowest BCUT2D eigenvalue weighted by molar-refractivity contribution is -0.131. The summed E-state index contributed by atoms with van der Waals surface area (Å²) in [5.74, 6) is 2.02. The maximum Gasteiger partial charge on any atom is 0.201 e. The van der Waals surface area contributed by atoms with Gasteiger partial charge in [0.2, 0.25) is 5.75 Å². The van der Waals surface area contributed by atoms with Crippen molar-refractivity contribution in [2.75, 3.05) is 0 Å². The first-order valence-corrected chi connectivity index (χ1v) is 13.7. The molecule has 0 aromatic heterocycles. The highest BCUT2D eigenvalue weighted by Crippen LogP contribution is 2.58. The molecule has 2 fully saturated rings. The molecule has 0 radical (unpaired) electrons. The van der Waals surface area contributed by atoms with Gasteiger partial charge in [-0.15, -0.1) is 13.2 Å². The fraction of sp³-hybridized carbons (Fsp3) is 0.515. The number of hydrogen-bond donors (Lipinski definition) is 2. The lowest BCUT2D eigenvalue weighted by atomic mass is 9.52. The molecule has 4 heteroatoms. The van der Waals surface area contributed by atoms with E-state index in [0.29, 0.717) is 23.7 Å². The number of allylic oxidation sites excluding steroid dienone is 2. The number of fused-ring (bicyclic) bond motifs is 1. The molecule has 37 heavy (non-hydrogen) atoms. The van der Waals surface area contributed by atoms with Gasteiger partial charge in [-0.05, 0) is 119 Å². The highest BCUT2D eigenvalue weighted by Gasteiger charge is 2.54. The van der Waals surface area contributed by atoms with Crippen LogP contribution in [0.5, 0.6) is 23.0 Å². The predicted octanol–water partition coefficient (Wildman–Crippen LogP) is 8.16. The van der Waals surface area contributed by atoms with Crippen molar-refractivity contribution in [3.8, 4) is 23.0 Å². The molecular weight excluding hydrogens is 460 g/mol. The van der Waals surface area contributed by atoms with Gasteiger partial charge < -0.3 is 19.7 Å². The summed E-state index contributed by atoms with van der Waals surface area (Å²) in [6, 6.07) is 11.6. The smallest absolute Gasteiger partial charge is 0.201 e. The molecule has 0 spiro atoms. The topological polar surface area (TPSA) is 58.9 Å². The molecule has 0 bridgehead atoms. The largest absolute Gasteiger partial charge is 0.502 e. The van der Waals surface area contributed by atoms with Crippen LogP contribution in [0.25, 0.3) is 0 Å². The van der Waals surface area contributed by atoms with Crippen LogP contribution in [0.1, 0.15) is 77.3 Å². The number of aromatic hydroxyl groups is 1. The molecule has 2 aliphatic rings. The highest BCUT2D eigenvalue weighted by molar-refractivity contribution is 5.55. The van der Waals surface area contributed by atoms with E-state index >= 15 is 0 Å². The van der Waals surface area contributed by atoms with Gasteiger partial charge in [0.1, 0.15) is 11.4 Å². The van der Waals surface area contributed by atoms with E-state index in [0.717, 1.165) is 49.7 Å². The van der Waals surface area contributed by atoms with Crippen molar-refractivity contribution < 1.29 is 19.7 Å². The molecule has 4 atom stereocenters. The van der Waals surface area contributed by atoms with E-state index in [1.54, 1.807) is 0 Å². The van der Waals surface area contributed by atoms with Gasteiger partial charge in [-0.2, -0.15) is 0 Å². The van der Waals surface area contributed by atoms with Crippen molar-refractivity contribution in [1.29, 1.82) is 0 Å². The number of benzene rings is 2. The molecule has 2 saturated carbocycles. The quantitative estimate of drug-likeness (QED) is 0.338. The molecule has 4 nitrogen and oxygen atoms in total. The Morgan fingerprint density at radius 2 is 1.62 bits per heavy atom. The van der Waals surface area contributed by atoms with Crippen LogP contribution in [0.3, 0.4) is 0 Å². The summed E-state index contributed by atoms with van der Waals surface area (Å²) in [4.78, 5) is 0. The lowest BCUT2D eigenvalue weighted by Gasteiger charge is -2.57. The third kappa shape index (κ3) is 5.90. The Kier molecular flexibility index (Phi) is 7.80. The molecule has 0 heterocycles. The van der Waals surface area contributed by atoms with Crippen molar-refractivity contribution in [1.82, 2.24) is 0 Å². The first kappa shape index (κ1) is 27.3. The third-order valence-corrected chi connectivity index (χ3v) is 8.94. The zero-order valence-electron chi connectivity index (χ0n) is 23.1. The molecule has 2 aromatic rings. The van der Waals surface area contributed by atoms with Crippen molar-refractivity contribution in [2.24, 2.45) is 17.3 Å². The molecule has 2 aliphatic carbocycles. The SMILES string of the molecule is C=CCc1ccc(Oc2cc(CC=C)cc(O[C@]3(C)CCC[C@]4(C)CC[C@@H](C(C)(C)O)C[C@H]43)c2O)cc1. The van der Waals surface area contributed by atoms with Gasteiger partial charge in [0, 0.05) is 5.92 Å². The molecule has 0 aliphatic heterocycles. The number of phenols is 1. The van der Waals surface area contributed by atoms with Crippen LogP contribution in [-0.4, -0.2) is 21.4 Å². The molecule has 0 unspecified atom stereocenters. The van der Waals surface area contributed by atoms with Gasteiger partial charge in [-0.1, -0.05) is 31.2 Å². The van der Waals surface area contributed by atoms with Gasteiger partial charge in [0.05, 0.1) is 5.60 Å². The van der Waals surface area contributed by atoms with Crippen LogP contribution in [0.15, 0.2) is 61.7 Å². The first-order valence-electron chi connectivity index (χ1n) is 13.7. The average Bonchev–Trinajstić information content (AvgIpc) is 2.82. The number of rotatable bonds is 9. The lowest BCUT2D eigenvalue weighted by Crippen LogP contribution is -2.56. The fourth-order valence-corrected chi connectivity index (χ4v) is 6.75. The third-order valence-electron chi connectivity index (χ3n) is 8.94. The maximum atomic E-state index is 11.3. The standard InChI is InChI=1S/C33H44O4/c1-7-10-23-12-14-26(15-13-23)36-27-20-24(11-8-2)21-28(30(27)34)37-33(6)18-9-17-32(5)19-16-25(22-29(32)33)31(3,4)35/h7-8,12-15,20-21,25,29,34-35H,1-2,9-11,16-19,22H2,3-6H3/t25-,29-,32-,33-/m1/s1. The summed E-state index contributed by atoms with van der Waals surface area (Å²) in [5.41, 5.74) is 1.12. The number of ether oxygens (including phenoxy) is 2. The van der Waals surface area contributed by atoms with Gasteiger partial charge in [0.15, 0.2) is 11.5 Å². The minimum absolute atomic E-state index is 0.0197. The Balaban J connectivity index is 1.66. The number of phenolic OH excluding ortho intramolecular Hbond substituents is 1. The summed E-state index contributed by atoms with van der Waals surface area (Å²) in [7, 11) is 0. The van der Waals surface area contributed by atoms with Gasteiger partial charge in [-0.25, -0.2) is 0 Å². The van der Waals surface area contributed by atoms with Gasteiger partial charge >= 0.3 is 0 Å². The number of hydrogen-bond acceptors (Lipinski definition) is 4. The second kappa shape index (κ2) is 10.6. The second-order valence-corrected chi connectivity index (χ2v) is 12.3. The van der Waals surface area contributed by atoms with Crippen molar-refractivity contribution in [3.63, 3.8) is 0 Å². The van der Waals surface area contributed by atoms with Crippen LogP contribution in [0.4, 0.5) is 0 Å². The predicted molar refractivity (Wildman–Crippen MR) is 151 cm³/mol. The molecule has 2 aromatic carbocycles. The Morgan fingerprint density at radius 1 is 0.973 bits per heavy atom. The zero-order chi connectivity index (χ0) is 26.8. The van der Waals surface area contributed by atoms with Crippen LogP contribution >= 0.6 is 0 Å². The molecule has 0 saturated heterocycles. The summed E-state index contributed by atoms with van der Waals surface area (Å²) >= 11 is 0. The molecule has 200 valence electrons. The Hall–Kier alpha value is -2.72. The van der Waals surface area contributed by atoms with E-state index in [2.05, 4.69) is 27.0 Å². The van der Waals surface area contributed by atoms with E-state index in [9.17, 15) is 10.2 Å². The van der Waals surface area contributed by atoms with Crippen molar-refractivity contribution in [3.05, 3.63) is 72.8 Å². The van der Waals surface area contributed by atoms with Gasteiger partial charge in [-0.3, -0.25) is 0 Å². The van der Waals surface area contributed by atoms with E-state index in [1.807, 2.05) is 62.4 Å². The second-order valence-electron chi connectivity index (χ2n) is 12.3. The number of aliphatic hydroxyl groups is 1. The van der Waals surface area contributed by atoms with E-state index in [1.165, 1.54) is 6.42 Å². The van der Waals surface area contributed by atoms with Crippen LogP contribution in [0.2, 0.25) is 0 Å². The molecule has 0 amide bonds. The molecule has 2 N–H and O–H groups in total. The van der Waals surface area contributed by atoms with Crippen LogP contribution in [-0.2, 0) is 12.8 Å².